The quantitative estimate of drug-likeness (QED) is 0.816. The molecule has 0 heterocycles. The Morgan fingerprint density at radius 3 is 2.82 bits per heavy atom. The number of halogens is 1. The number of carbonyl (C=O) groups is 1. The summed E-state index contributed by atoms with van der Waals surface area (Å²) in [7, 11) is -0.965. The SMILES string of the molecule is CC(CNC(=O)c1cc(Cl)ccc1N)S(C)=O. The van der Waals surface area contributed by atoms with E-state index < -0.39 is 10.8 Å². The van der Waals surface area contributed by atoms with E-state index in [1.54, 1.807) is 25.3 Å². The van der Waals surface area contributed by atoms with Gasteiger partial charge in [0, 0.05) is 39.6 Å². The maximum Gasteiger partial charge on any atom is 0.253 e. The van der Waals surface area contributed by atoms with Crippen LogP contribution in [0, 0.1) is 0 Å². The van der Waals surface area contributed by atoms with Gasteiger partial charge in [0.05, 0.1) is 5.56 Å². The van der Waals surface area contributed by atoms with Crippen molar-refractivity contribution in [1.29, 1.82) is 0 Å². The van der Waals surface area contributed by atoms with Gasteiger partial charge in [-0.1, -0.05) is 11.6 Å². The normalized spacial score (nSPS) is 14.1. The largest absolute Gasteiger partial charge is 0.398 e. The predicted octanol–water partition coefficient (Wildman–Crippen LogP) is 1.42. The molecule has 0 spiro atoms. The van der Waals surface area contributed by atoms with Crippen molar-refractivity contribution in [3.8, 4) is 0 Å². The third kappa shape index (κ3) is 4.02. The molecule has 17 heavy (non-hydrogen) atoms. The van der Waals surface area contributed by atoms with Crippen molar-refractivity contribution in [2.45, 2.75) is 12.2 Å². The number of rotatable bonds is 4. The minimum Gasteiger partial charge on any atom is -0.398 e. The molecule has 0 aliphatic rings. The standard InChI is InChI=1S/C11H15ClN2O2S/c1-7(17(2)16)6-14-11(15)9-5-8(12)3-4-10(9)13/h3-5,7H,6,13H2,1-2H3,(H,14,15). The highest BCUT2D eigenvalue weighted by Crippen LogP contribution is 2.17. The van der Waals surface area contributed by atoms with E-state index in [1.807, 2.05) is 0 Å². The zero-order valence-corrected chi connectivity index (χ0v) is 11.3. The van der Waals surface area contributed by atoms with Crippen molar-refractivity contribution in [2.75, 3.05) is 18.5 Å². The van der Waals surface area contributed by atoms with Gasteiger partial charge in [-0.3, -0.25) is 9.00 Å². The third-order valence-corrected chi connectivity index (χ3v) is 3.91. The molecule has 0 bridgehead atoms. The highest BCUT2D eigenvalue weighted by Gasteiger charge is 2.12. The molecule has 1 rings (SSSR count). The van der Waals surface area contributed by atoms with E-state index in [-0.39, 0.29) is 11.2 Å². The van der Waals surface area contributed by atoms with Gasteiger partial charge in [0.15, 0.2) is 0 Å². The van der Waals surface area contributed by atoms with Gasteiger partial charge in [0.1, 0.15) is 0 Å². The minimum absolute atomic E-state index is 0.0978. The summed E-state index contributed by atoms with van der Waals surface area (Å²) in [6, 6.07) is 4.72. The van der Waals surface area contributed by atoms with E-state index in [9.17, 15) is 9.00 Å². The summed E-state index contributed by atoms with van der Waals surface area (Å²) in [4.78, 5) is 11.8. The van der Waals surface area contributed by atoms with Gasteiger partial charge in [-0.05, 0) is 25.1 Å². The second-order valence-electron chi connectivity index (χ2n) is 3.75. The highest BCUT2D eigenvalue weighted by atomic mass is 35.5. The van der Waals surface area contributed by atoms with Crippen LogP contribution in [0.3, 0.4) is 0 Å². The summed E-state index contributed by atoms with van der Waals surface area (Å²) in [5.74, 6) is -0.303. The lowest BCUT2D eigenvalue weighted by molar-refractivity contribution is 0.0955. The topological polar surface area (TPSA) is 72.2 Å². The number of amides is 1. The fourth-order valence-electron chi connectivity index (χ4n) is 1.17. The smallest absolute Gasteiger partial charge is 0.253 e. The average Bonchev–Trinajstić information content (AvgIpc) is 2.28. The molecule has 1 amide bonds. The van der Waals surface area contributed by atoms with Crippen molar-refractivity contribution in [2.24, 2.45) is 0 Å². The van der Waals surface area contributed by atoms with Crippen LogP contribution in [0.5, 0.6) is 0 Å². The van der Waals surface area contributed by atoms with Crippen molar-refractivity contribution >= 4 is 34.0 Å². The maximum atomic E-state index is 11.8. The predicted molar refractivity (Wildman–Crippen MR) is 71.7 cm³/mol. The first kappa shape index (κ1) is 14.0. The fraction of sp³-hybridized carbons (Fsp3) is 0.364. The molecule has 0 saturated heterocycles. The van der Waals surface area contributed by atoms with Crippen LogP contribution < -0.4 is 11.1 Å². The summed E-state index contributed by atoms with van der Waals surface area (Å²) in [6.45, 7) is 2.14. The van der Waals surface area contributed by atoms with E-state index >= 15 is 0 Å². The van der Waals surface area contributed by atoms with E-state index in [0.717, 1.165) is 0 Å². The van der Waals surface area contributed by atoms with Crippen LogP contribution in [0.15, 0.2) is 18.2 Å². The number of carbonyl (C=O) groups excluding carboxylic acids is 1. The summed E-state index contributed by atoms with van der Waals surface area (Å²) in [6.07, 6.45) is 1.60. The Kier molecular flexibility index (Phi) is 4.96. The molecular weight excluding hydrogens is 260 g/mol. The Bertz CT molecular complexity index is 451. The molecule has 4 nitrogen and oxygen atoms in total. The first-order chi connectivity index (χ1) is 7.91. The molecule has 94 valence electrons. The Morgan fingerprint density at radius 1 is 1.59 bits per heavy atom. The fourth-order valence-corrected chi connectivity index (χ4v) is 1.66. The van der Waals surface area contributed by atoms with Crippen LogP contribution in [0.25, 0.3) is 0 Å². The van der Waals surface area contributed by atoms with Gasteiger partial charge in [-0.2, -0.15) is 0 Å². The van der Waals surface area contributed by atoms with E-state index in [2.05, 4.69) is 5.32 Å². The molecule has 0 aromatic heterocycles. The average molecular weight is 275 g/mol. The molecule has 2 unspecified atom stereocenters. The molecule has 0 aliphatic carbocycles. The molecule has 0 aliphatic heterocycles. The van der Waals surface area contributed by atoms with E-state index in [0.29, 0.717) is 22.8 Å². The van der Waals surface area contributed by atoms with E-state index in [4.69, 9.17) is 17.3 Å². The zero-order valence-electron chi connectivity index (χ0n) is 9.70. The molecule has 0 radical (unpaired) electrons. The van der Waals surface area contributed by atoms with Gasteiger partial charge in [0.25, 0.3) is 5.91 Å². The summed E-state index contributed by atoms with van der Waals surface area (Å²) < 4.78 is 11.1. The Labute approximate surface area is 108 Å². The highest BCUT2D eigenvalue weighted by molar-refractivity contribution is 7.84. The van der Waals surface area contributed by atoms with Crippen LogP contribution in [0.1, 0.15) is 17.3 Å². The Balaban J connectivity index is 2.70. The minimum atomic E-state index is -0.965. The monoisotopic (exact) mass is 274 g/mol. The first-order valence-corrected chi connectivity index (χ1v) is 7.07. The molecule has 1 aromatic carbocycles. The second-order valence-corrected chi connectivity index (χ2v) is 5.99. The first-order valence-electron chi connectivity index (χ1n) is 5.07. The zero-order chi connectivity index (χ0) is 13.0. The molecule has 3 N–H and O–H groups in total. The van der Waals surface area contributed by atoms with Gasteiger partial charge in [0.2, 0.25) is 0 Å². The number of hydrogen-bond donors (Lipinski definition) is 2. The lowest BCUT2D eigenvalue weighted by Crippen LogP contribution is -2.32. The molecular formula is C11H15ClN2O2S. The lowest BCUT2D eigenvalue weighted by atomic mass is 10.1. The lowest BCUT2D eigenvalue weighted by Gasteiger charge is -2.11. The van der Waals surface area contributed by atoms with Crippen LogP contribution in [0.2, 0.25) is 5.02 Å². The van der Waals surface area contributed by atoms with E-state index in [1.165, 1.54) is 6.07 Å². The maximum absolute atomic E-state index is 11.8. The van der Waals surface area contributed by atoms with Gasteiger partial charge >= 0.3 is 0 Å². The molecule has 6 heteroatoms. The second kappa shape index (κ2) is 6.02. The van der Waals surface area contributed by atoms with Gasteiger partial charge in [-0.25, -0.2) is 0 Å². The van der Waals surface area contributed by atoms with Crippen molar-refractivity contribution in [3.63, 3.8) is 0 Å². The van der Waals surface area contributed by atoms with Crippen LogP contribution >= 0.6 is 11.6 Å². The number of nitrogens with two attached hydrogens (primary N) is 1. The molecule has 1 aromatic rings. The van der Waals surface area contributed by atoms with Crippen molar-refractivity contribution < 1.29 is 9.00 Å². The van der Waals surface area contributed by atoms with Crippen LogP contribution in [-0.2, 0) is 10.8 Å². The molecule has 0 fully saturated rings. The third-order valence-electron chi connectivity index (χ3n) is 2.38. The number of hydrogen-bond acceptors (Lipinski definition) is 3. The van der Waals surface area contributed by atoms with Crippen molar-refractivity contribution in [1.82, 2.24) is 5.32 Å². The molecule has 2 atom stereocenters. The summed E-state index contributed by atoms with van der Waals surface area (Å²) in [5.41, 5.74) is 6.39. The van der Waals surface area contributed by atoms with Gasteiger partial charge in [-0.15, -0.1) is 0 Å². The van der Waals surface area contributed by atoms with Crippen LogP contribution in [0.4, 0.5) is 5.69 Å². The van der Waals surface area contributed by atoms with Gasteiger partial charge < -0.3 is 11.1 Å². The summed E-state index contributed by atoms with van der Waals surface area (Å²) >= 11 is 5.79. The number of nitrogens with one attached hydrogen (secondary N) is 1. The summed E-state index contributed by atoms with van der Waals surface area (Å²) in [5, 5.41) is 3.03. The van der Waals surface area contributed by atoms with Crippen molar-refractivity contribution in [3.05, 3.63) is 28.8 Å². The Morgan fingerprint density at radius 2 is 2.24 bits per heavy atom. The number of benzene rings is 1. The van der Waals surface area contributed by atoms with Crippen LogP contribution in [-0.4, -0.2) is 28.2 Å². The Hall–Kier alpha value is -1.07. The number of nitrogen functional groups attached to an aromatic ring is 1. The molecule has 0 saturated carbocycles. The number of anilines is 1.